The quantitative estimate of drug-likeness (QED) is 0.236. The summed E-state index contributed by atoms with van der Waals surface area (Å²) in [4.78, 5) is 0. The molecule has 1 saturated carbocycles. The topological polar surface area (TPSA) is 177 Å². The molecule has 3 aliphatic heterocycles. The third-order valence-electron chi connectivity index (χ3n) is 8.90. The Kier molecular flexibility index (Phi) is 11.0. The van der Waals surface area contributed by atoms with E-state index in [0.717, 1.165) is 32.1 Å². The van der Waals surface area contributed by atoms with Crippen LogP contribution < -0.4 is 0 Å². The van der Waals surface area contributed by atoms with Crippen molar-refractivity contribution in [2.24, 2.45) is 5.92 Å². The van der Waals surface area contributed by atoms with Gasteiger partial charge < -0.3 is 59.1 Å². The molecule has 1 aliphatic carbocycles. The van der Waals surface area contributed by atoms with E-state index in [9.17, 15) is 30.6 Å². The Labute approximate surface area is 230 Å². The molecule has 6 N–H and O–H groups in total. The molecule has 0 aromatic rings. The highest BCUT2D eigenvalue weighted by Crippen LogP contribution is 2.41. The van der Waals surface area contributed by atoms with Crippen LogP contribution in [0.25, 0.3) is 0 Å². The summed E-state index contributed by atoms with van der Waals surface area (Å²) in [5, 5.41) is 62.0. The number of fused-ring (bicyclic) bond motifs is 1. The highest BCUT2D eigenvalue weighted by atomic mass is 16.7. The first-order valence-corrected chi connectivity index (χ1v) is 14.5. The lowest BCUT2D eigenvalue weighted by atomic mass is 9.82. The van der Waals surface area contributed by atoms with Crippen molar-refractivity contribution in [2.45, 2.75) is 145 Å². The van der Waals surface area contributed by atoms with Crippen LogP contribution in [0.2, 0.25) is 0 Å². The van der Waals surface area contributed by atoms with E-state index >= 15 is 0 Å². The van der Waals surface area contributed by atoms with E-state index in [-0.39, 0.29) is 12.5 Å². The molecule has 14 atom stereocenters. The second kappa shape index (κ2) is 13.7. The van der Waals surface area contributed by atoms with E-state index in [0.29, 0.717) is 19.4 Å². The molecule has 0 amide bonds. The van der Waals surface area contributed by atoms with Crippen molar-refractivity contribution in [2.75, 3.05) is 19.8 Å². The van der Waals surface area contributed by atoms with Crippen molar-refractivity contribution in [3.05, 3.63) is 0 Å². The summed E-state index contributed by atoms with van der Waals surface area (Å²) in [6.07, 6.45) is -6.56. The van der Waals surface area contributed by atoms with E-state index in [1.807, 2.05) is 6.92 Å². The van der Waals surface area contributed by atoms with Crippen molar-refractivity contribution in [1.29, 1.82) is 0 Å². The molecule has 39 heavy (non-hydrogen) atoms. The third-order valence-corrected chi connectivity index (χ3v) is 8.90. The van der Waals surface area contributed by atoms with Gasteiger partial charge in [-0.15, -0.1) is 0 Å². The van der Waals surface area contributed by atoms with Crippen molar-refractivity contribution >= 4 is 0 Å². The monoisotopic (exact) mass is 564 g/mol. The minimum Gasteiger partial charge on any atom is -0.394 e. The van der Waals surface area contributed by atoms with Crippen LogP contribution in [-0.4, -0.2) is 130 Å². The zero-order chi connectivity index (χ0) is 28.3. The van der Waals surface area contributed by atoms with Gasteiger partial charge in [0.2, 0.25) is 0 Å². The number of aliphatic hydroxyl groups excluding tert-OH is 6. The Bertz CT molecular complexity index is 758. The van der Waals surface area contributed by atoms with Crippen LogP contribution in [0.15, 0.2) is 0 Å². The van der Waals surface area contributed by atoms with E-state index in [1.54, 1.807) is 13.8 Å². The number of ether oxygens (including phenoxy) is 6. The lowest BCUT2D eigenvalue weighted by Gasteiger charge is -2.52. The fourth-order valence-corrected chi connectivity index (χ4v) is 6.34. The Morgan fingerprint density at radius 2 is 1.59 bits per heavy atom. The summed E-state index contributed by atoms with van der Waals surface area (Å²) in [6.45, 7) is 5.09. The maximum absolute atomic E-state index is 11.1. The lowest BCUT2D eigenvalue weighted by Crippen LogP contribution is -2.69. The van der Waals surface area contributed by atoms with Crippen LogP contribution >= 0.6 is 0 Å². The van der Waals surface area contributed by atoms with Gasteiger partial charge in [0, 0.05) is 6.61 Å². The van der Waals surface area contributed by atoms with Crippen molar-refractivity contribution in [3.8, 4) is 0 Å². The molecular weight excluding hydrogens is 516 g/mol. The predicted molar refractivity (Wildman–Crippen MR) is 135 cm³/mol. The lowest BCUT2D eigenvalue weighted by molar-refractivity contribution is -0.377. The smallest absolute Gasteiger partial charge is 0.189 e. The largest absolute Gasteiger partial charge is 0.394 e. The summed E-state index contributed by atoms with van der Waals surface area (Å²) >= 11 is 0. The van der Waals surface area contributed by atoms with Crippen LogP contribution in [0.4, 0.5) is 0 Å². The zero-order valence-electron chi connectivity index (χ0n) is 23.2. The number of hydrogen-bond donors (Lipinski definition) is 6. The molecule has 4 rings (SSSR count). The SMILES string of the molecule is CCC1CCCC(OC2OC(CO)C(O)C3OC(CO)CCCCOC23C)C1OC1OC(C)C(O)C(O)C1O. The summed E-state index contributed by atoms with van der Waals surface area (Å²) in [5.41, 5.74) is -1.26. The van der Waals surface area contributed by atoms with Gasteiger partial charge in [0.25, 0.3) is 0 Å². The molecule has 0 radical (unpaired) electrons. The molecule has 4 aliphatic rings. The van der Waals surface area contributed by atoms with Gasteiger partial charge in [0.05, 0.1) is 37.6 Å². The number of aliphatic hydroxyl groups is 6. The van der Waals surface area contributed by atoms with Crippen LogP contribution in [0, 0.1) is 5.92 Å². The summed E-state index contributed by atoms with van der Waals surface area (Å²) in [7, 11) is 0. The fraction of sp³-hybridized carbons (Fsp3) is 1.00. The third kappa shape index (κ3) is 6.63. The maximum Gasteiger partial charge on any atom is 0.189 e. The van der Waals surface area contributed by atoms with Crippen LogP contribution in [0.1, 0.15) is 65.7 Å². The van der Waals surface area contributed by atoms with Crippen LogP contribution in [0.5, 0.6) is 0 Å². The minimum absolute atomic E-state index is 0.0572. The molecule has 228 valence electrons. The summed E-state index contributed by atoms with van der Waals surface area (Å²) in [5.74, 6) is 0.0572. The Morgan fingerprint density at radius 3 is 2.28 bits per heavy atom. The Balaban J connectivity index is 1.59. The average Bonchev–Trinajstić information content (AvgIpc) is 3.01. The number of hydrogen-bond acceptors (Lipinski definition) is 12. The minimum atomic E-state index is -1.44. The van der Waals surface area contributed by atoms with E-state index in [2.05, 4.69) is 0 Å². The van der Waals surface area contributed by atoms with Gasteiger partial charge in [-0.25, -0.2) is 0 Å². The highest BCUT2D eigenvalue weighted by Gasteiger charge is 2.58. The Morgan fingerprint density at radius 1 is 0.821 bits per heavy atom. The molecule has 0 bridgehead atoms. The van der Waals surface area contributed by atoms with Crippen LogP contribution in [0.3, 0.4) is 0 Å². The first-order chi connectivity index (χ1) is 18.6. The van der Waals surface area contributed by atoms with E-state index in [1.165, 1.54) is 0 Å². The molecule has 3 heterocycles. The molecule has 14 unspecified atom stereocenters. The number of rotatable bonds is 7. The summed E-state index contributed by atoms with van der Waals surface area (Å²) < 4.78 is 37.2. The molecule has 12 nitrogen and oxygen atoms in total. The zero-order valence-corrected chi connectivity index (χ0v) is 23.2. The van der Waals surface area contributed by atoms with Gasteiger partial charge >= 0.3 is 0 Å². The van der Waals surface area contributed by atoms with Crippen molar-refractivity contribution in [1.82, 2.24) is 0 Å². The fourth-order valence-electron chi connectivity index (χ4n) is 6.34. The normalized spacial score (nSPS) is 49.9. The second-order valence-electron chi connectivity index (χ2n) is 11.6. The molecule has 12 heteroatoms. The standard InChI is InChI=1S/C27H48O12/c1-4-15-8-7-10-17(23(15)39-25-22(33)21(32)19(30)14(2)35-25)37-26-27(3)24(20(31)18(13-29)38-26)36-16(12-28)9-5-6-11-34-27/h14-26,28-33H,4-13H2,1-3H3. The van der Waals surface area contributed by atoms with Crippen LogP contribution in [-0.2, 0) is 28.4 Å². The van der Waals surface area contributed by atoms with Gasteiger partial charge in [-0.1, -0.05) is 19.8 Å². The first kappa shape index (κ1) is 31.5. The highest BCUT2D eigenvalue weighted by molar-refractivity contribution is 5.02. The van der Waals surface area contributed by atoms with Gasteiger partial charge in [0.15, 0.2) is 12.6 Å². The van der Waals surface area contributed by atoms with Crippen molar-refractivity contribution < 1.29 is 59.1 Å². The molecule has 3 saturated heterocycles. The van der Waals surface area contributed by atoms with Gasteiger partial charge in [-0.05, 0) is 51.9 Å². The van der Waals surface area contributed by atoms with E-state index in [4.69, 9.17) is 28.4 Å². The molecular formula is C27H48O12. The van der Waals surface area contributed by atoms with Gasteiger partial charge in [-0.2, -0.15) is 0 Å². The second-order valence-corrected chi connectivity index (χ2v) is 11.6. The molecule has 4 fully saturated rings. The first-order valence-electron chi connectivity index (χ1n) is 14.5. The molecule has 0 aromatic heterocycles. The van der Waals surface area contributed by atoms with Gasteiger partial charge in [-0.3, -0.25) is 0 Å². The summed E-state index contributed by atoms with van der Waals surface area (Å²) in [6, 6.07) is 0. The Hall–Kier alpha value is -0.480. The average molecular weight is 565 g/mol. The maximum atomic E-state index is 11.1. The molecule has 0 spiro atoms. The van der Waals surface area contributed by atoms with Gasteiger partial charge in [0.1, 0.15) is 42.2 Å². The molecule has 0 aromatic carbocycles. The van der Waals surface area contributed by atoms with Crippen molar-refractivity contribution in [3.63, 3.8) is 0 Å². The van der Waals surface area contributed by atoms with E-state index < -0.39 is 85.8 Å². The predicted octanol–water partition coefficient (Wildman–Crippen LogP) is -0.422.